The summed E-state index contributed by atoms with van der Waals surface area (Å²) in [5, 5.41) is 8.84. The number of hydrogen-bond acceptors (Lipinski definition) is 3. The number of rotatable bonds is 1. The first-order chi connectivity index (χ1) is 7.20. The number of nitriles is 1. The molecule has 0 saturated heterocycles. The molecule has 0 unspecified atom stereocenters. The van der Waals surface area contributed by atoms with Gasteiger partial charge in [-0.25, -0.2) is 4.98 Å². The van der Waals surface area contributed by atoms with Gasteiger partial charge in [-0.3, -0.25) is 4.57 Å². The van der Waals surface area contributed by atoms with Gasteiger partial charge < -0.3 is 5.73 Å². The van der Waals surface area contributed by atoms with E-state index in [0.29, 0.717) is 11.5 Å². The molecular formula is C11H10N4. The highest BCUT2D eigenvalue weighted by Gasteiger charge is 2.04. The van der Waals surface area contributed by atoms with Gasteiger partial charge in [-0.05, 0) is 30.7 Å². The van der Waals surface area contributed by atoms with Gasteiger partial charge in [-0.1, -0.05) is 0 Å². The molecule has 2 rings (SSSR count). The standard InChI is InChI=1S/C11H10N4/c1-8-4-9(13)6-10(5-8)15-3-2-14-11(15)7-12/h2-6H,13H2,1H3. The van der Waals surface area contributed by atoms with Gasteiger partial charge in [0.05, 0.1) is 5.69 Å². The van der Waals surface area contributed by atoms with Gasteiger partial charge in [0.25, 0.3) is 0 Å². The van der Waals surface area contributed by atoms with Crippen LogP contribution in [0.4, 0.5) is 5.69 Å². The largest absolute Gasteiger partial charge is 0.399 e. The van der Waals surface area contributed by atoms with Crippen molar-refractivity contribution < 1.29 is 0 Å². The lowest BCUT2D eigenvalue weighted by Crippen LogP contribution is -1.98. The van der Waals surface area contributed by atoms with Crippen molar-refractivity contribution in [2.45, 2.75) is 6.92 Å². The summed E-state index contributed by atoms with van der Waals surface area (Å²) in [4.78, 5) is 3.93. The molecule has 1 heterocycles. The molecule has 0 atom stereocenters. The van der Waals surface area contributed by atoms with Crippen LogP contribution in [0.15, 0.2) is 30.6 Å². The number of aromatic nitrogens is 2. The number of benzene rings is 1. The van der Waals surface area contributed by atoms with Gasteiger partial charge in [-0.15, -0.1) is 0 Å². The van der Waals surface area contributed by atoms with Crippen molar-refractivity contribution in [1.82, 2.24) is 9.55 Å². The first-order valence-corrected chi connectivity index (χ1v) is 4.51. The Kier molecular flexibility index (Phi) is 2.14. The quantitative estimate of drug-likeness (QED) is 0.708. The van der Waals surface area contributed by atoms with Crippen LogP contribution in [0.3, 0.4) is 0 Å². The Bertz CT molecular complexity index is 514. The first-order valence-electron chi connectivity index (χ1n) is 4.51. The summed E-state index contributed by atoms with van der Waals surface area (Å²) >= 11 is 0. The van der Waals surface area contributed by atoms with Crippen molar-refractivity contribution in [2.24, 2.45) is 0 Å². The van der Waals surface area contributed by atoms with Crippen LogP contribution in [0.2, 0.25) is 0 Å². The van der Waals surface area contributed by atoms with E-state index in [4.69, 9.17) is 11.0 Å². The van der Waals surface area contributed by atoms with Crippen LogP contribution in [-0.4, -0.2) is 9.55 Å². The molecule has 15 heavy (non-hydrogen) atoms. The number of nitrogens with two attached hydrogens (primary N) is 1. The molecule has 4 nitrogen and oxygen atoms in total. The number of imidazole rings is 1. The minimum atomic E-state index is 0.361. The molecular weight excluding hydrogens is 188 g/mol. The van der Waals surface area contributed by atoms with Crippen molar-refractivity contribution in [1.29, 1.82) is 5.26 Å². The Balaban J connectivity index is 2.60. The lowest BCUT2D eigenvalue weighted by Gasteiger charge is -2.06. The molecule has 1 aromatic carbocycles. The predicted molar refractivity (Wildman–Crippen MR) is 57.4 cm³/mol. The molecule has 1 aromatic heterocycles. The monoisotopic (exact) mass is 198 g/mol. The summed E-state index contributed by atoms with van der Waals surface area (Å²) in [6.07, 6.45) is 3.34. The minimum absolute atomic E-state index is 0.361. The van der Waals surface area contributed by atoms with Gasteiger partial charge in [0.1, 0.15) is 6.07 Å². The average Bonchev–Trinajstić information content (AvgIpc) is 2.63. The number of anilines is 1. The zero-order valence-electron chi connectivity index (χ0n) is 8.31. The molecule has 0 bridgehead atoms. The lowest BCUT2D eigenvalue weighted by atomic mass is 10.2. The molecule has 0 aliphatic rings. The summed E-state index contributed by atoms with van der Waals surface area (Å²) in [5.41, 5.74) is 8.34. The van der Waals surface area contributed by atoms with E-state index in [1.165, 1.54) is 0 Å². The highest BCUT2D eigenvalue weighted by atomic mass is 15.1. The number of hydrogen-bond donors (Lipinski definition) is 1. The van der Waals surface area contributed by atoms with E-state index in [1.807, 2.05) is 31.2 Å². The Morgan fingerprint density at radius 1 is 1.40 bits per heavy atom. The molecule has 0 spiro atoms. The maximum atomic E-state index is 8.84. The van der Waals surface area contributed by atoms with Crippen LogP contribution >= 0.6 is 0 Å². The number of nitrogens with zero attached hydrogens (tertiary/aromatic N) is 3. The van der Waals surface area contributed by atoms with Gasteiger partial charge >= 0.3 is 0 Å². The van der Waals surface area contributed by atoms with E-state index in [2.05, 4.69) is 4.98 Å². The SMILES string of the molecule is Cc1cc(N)cc(-n2ccnc2C#N)c1. The highest BCUT2D eigenvalue weighted by Crippen LogP contribution is 2.16. The smallest absolute Gasteiger partial charge is 0.217 e. The third-order valence-electron chi connectivity index (χ3n) is 2.10. The second-order valence-corrected chi connectivity index (χ2v) is 3.33. The van der Waals surface area contributed by atoms with Gasteiger partial charge in [0, 0.05) is 18.1 Å². The van der Waals surface area contributed by atoms with Crippen LogP contribution in [0.1, 0.15) is 11.4 Å². The fraction of sp³-hybridized carbons (Fsp3) is 0.0909. The Morgan fingerprint density at radius 3 is 2.87 bits per heavy atom. The zero-order chi connectivity index (χ0) is 10.8. The molecule has 2 aromatic rings. The van der Waals surface area contributed by atoms with Gasteiger partial charge in [-0.2, -0.15) is 5.26 Å². The van der Waals surface area contributed by atoms with Crippen LogP contribution < -0.4 is 5.73 Å². The maximum absolute atomic E-state index is 8.84. The van der Waals surface area contributed by atoms with Crippen LogP contribution in [0.25, 0.3) is 5.69 Å². The normalized spacial score (nSPS) is 9.87. The topological polar surface area (TPSA) is 67.6 Å². The molecule has 0 amide bonds. The van der Waals surface area contributed by atoms with E-state index < -0.39 is 0 Å². The van der Waals surface area contributed by atoms with E-state index in [-0.39, 0.29) is 0 Å². The fourth-order valence-corrected chi connectivity index (χ4v) is 1.53. The van der Waals surface area contributed by atoms with E-state index in [1.54, 1.807) is 17.0 Å². The second kappa shape index (κ2) is 3.46. The molecule has 0 saturated carbocycles. The van der Waals surface area contributed by atoms with E-state index >= 15 is 0 Å². The molecule has 0 fully saturated rings. The number of nitrogen functional groups attached to an aromatic ring is 1. The van der Waals surface area contributed by atoms with Crippen molar-refractivity contribution in [3.8, 4) is 11.8 Å². The summed E-state index contributed by atoms with van der Waals surface area (Å²) in [7, 11) is 0. The van der Waals surface area contributed by atoms with Crippen molar-refractivity contribution in [3.05, 3.63) is 42.0 Å². The molecule has 2 N–H and O–H groups in total. The fourth-order valence-electron chi connectivity index (χ4n) is 1.53. The molecule has 74 valence electrons. The van der Waals surface area contributed by atoms with Gasteiger partial charge in [0.2, 0.25) is 5.82 Å². The first kappa shape index (κ1) is 9.28. The molecule has 0 radical (unpaired) electrons. The highest BCUT2D eigenvalue weighted by molar-refractivity contribution is 5.51. The lowest BCUT2D eigenvalue weighted by molar-refractivity contribution is 1.02. The van der Waals surface area contributed by atoms with Crippen LogP contribution in [0, 0.1) is 18.3 Å². The molecule has 4 heteroatoms. The third kappa shape index (κ3) is 1.67. The predicted octanol–water partition coefficient (Wildman–Crippen LogP) is 1.63. The summed E-state index contributed by atoms with van der Waals surface area (Å²) in [6, 6.07) is 7.68. The van der Waals surface area contributed by atoms with Crippen LogP contribution in [0.5, 0.6) is 0 Å². The third-order valence-corrected chi connectivity index (χ3v) is 2.10. The minimum Gasteiger partial charge on any atom is -0.399 e. The van der Waals surface area contributed by atoms with E-state index in [0.717, 1.165) is 11.3 Å². The molecule has 0 aliphatic carbocycles. The summed E-state index contributed by atoms with van der Waals surface area (Å²) in [5.74, 6) is 0.361. The van der Waals surface area contributed by atoms with Crippen molar-refractivity contribution in [3.63, 3.8) is 0 Å². The summed E-state index contributed by atoms with van der Waals surface area (Å²) < 4.78 is 1.71. The Hall–Kier alpha value is -2.28. The van der Waals surface area contributed by atoms with Crippen molar-refractivity contribution >= 4 is 5.69 Å². The van der Waals surface area contributed by atoms with Gasteiger partial charge in [0.15, 0.2) is 0 Å². The average molecular weight is 198 g/mol. The molecule has 0 aliphatic heterocycles. The number of aryl methyl sites for hydroxylation is 1. The summed E-state index contributed by atoms with van der Waals surface area (Å²) in [6.45, 7) is 1.96. The second-order valence-electron chi connectivity index (χ2n) is 3.33. The van der Waals surface area contributed by atoms with E-state index in [9.17, 15) is 0 Å². The van der Waals surface area contributed by atoms with Crippen LogP contribution in [-0.2, 0) is 0 Å². The Morgan fingerprint density at radius 2 is 2.20 bits per heavy atom. The zero-order valence-corrected chi connectivity index (χ0v) is 8.31. The maximum Gasteiger partial charge on any atom is 0.217 e. The van der Waals surface area contributed by atoms with Crippen molar-refractivity contribution in [2.75, 3.05) is 5.73 Å². The Labute approximate surface area is 87.6 Å².